The third-order valence-electron chi connectivity index (χ3n) is 5.45. The van der Waals surface area contributed by atoms with Gasteiger partial charge >= 0.3 is 0 Å². The number of piperidine rings is 1. The molecular formula is C17H21ClFN3O2. The largest absolute Gasteiger partial charge is 0.326 e. The Kier molecular flexibility index (Phi) is 4.53. The predicted octanol–water partition coefficient (Wildman–Crippen LogP) is 2.46. The number of carbonyl (C=O) groups is 2. The summed E-state index contributed by atoms with van der Waals surface area (Å²) in [5.41, 5.74) is 1.66. The molecule has 1 saturated carbocycles. The summed E-state index contributed by atoms with van der Waals surface area (Å²) in [4.78, 5) is 23.9. The Balaban J connectivity index is 0.00000169. The zero-order valence-corrected chi connectivity index (χ0v) is 14.1. The number of halogens is 2. The molecule has 1 aromatic carbocycles. The van der Waals surface area contributed by atoms with Crippen LogP contribution in [0.4, 0.5) is 15.8 Å². The number of nitrogens with one attached hydrogen (secondary N) is 3. The lowest BCUT2D eigenvalue weighted by Gasteiger charge is -2.23. The highest BCUT2D eigenvalue weighted by Crippen LogP contribution is 2.58. The average Bonchev–Trinajstić information content (AvgIpc) is 3.22. The van der Waals surface area contributed by atoms with Crippen molar-refractivity contribution in [3.05, 3.63) is 23.5 Å². The van der Waals surface area contributed by atoms with Crippen molar-refractivity contribution in [3.63, 3.8) is 0 Å². The third-order valence-corrected chi connectivity index (χ3v) is 5.45. The van der Waals surface area contributed by atoms with Crippen molar-refractivity contribution in [2.45, 2.75) is 32.1 Å². The number of rotatable bonds is 2. The van der Waals surface area contributed by atoms with Crippen LogP contribution in [0.25, 0.3) is 0 Å². The van der Waals surface area contributed by atoms with E-state index >= 15 is 0 Å². The van der Waals surface area contributed by atoms with Gasteiger partial charge in [0, 0.05) is 18.0 Å². The van der Waals surface area contributed by atoms with Gasteiger partial charge in [-0.15, -0.1) is 12.4 Å². The van der Waals surface area contributed by atoms with Crippen LogP contribution in [0.5, 0.6) is 0 Å². The molecule has 0 aromatic heterocycles. The molecule has 1 spiro atoms. The summed E-state index contributed by atoms with van der Waals surface area (Å²) in [5, 5.41) is 8.77. The van der Waals surface area contributed by atoms with Gasteiger partial charge in [0.05, 0.1) is 5.69 Å². The SMILES string of the molecule is Cl.O=C1CCc2cc(F)c(NC(=O)C3CC34CCNCC4)cc2N1. The van der Waals surface area contributed by atoms with E-state index in [-0.39, 0.29) is 41.2 Å². The summed E-state index contributed by atoms with van der Waals surface area (Å²) in [7, 11) is 0. The molecule has 1 saturated heterocycles. The molecule has 1 aromatic rings. The van der Waals surface area contributed by atoms with Crippen molar-refractivity contribution in [1.82, 2.24) is 5.32 Å². The number of carbonyl (C=O) groups excluding carboxylic acids is 2. The monoisotopic (exact) mass is 353 g/mol. The molecule has 3 N–H and O–H groups in total. The van der Waals surface area contributed by atoms with Crippen LogP contribution in [0.15, 0.2) is 12.1 Å². The first-order chi connectivity index (χ1) is 11.1. The van der Waals surface area contributed by atoms with E-state index in [4.69, 9.17) is 0 Å². The fourth-order valence-electron chi connectivity index (χ4n) is 3.91. The molecule has 2 aliphatic heterocycles. The molecule has 2 amide bonds. The average molecular weight is 354 g/mol. The molecule has 1 unspecified atom stereocenters. The molecule has 2 heterocycles. The van der Waals surface area contributed by atoms with Crippen LogP contribution in [-0.2, 0) is 16.0 Å². The van der Waals surface area contributed by atoms with Gasteiger partial charge < -0.3 is 16.0 Å². The zero-order valence-electron chi connectivity index (χ0n) is 13.3. The highest BCUT2D eigenvalue weighted by Gasteiger charge is 2.57. The first kappa shape index (κ1) is 17.2. The summed E-state index contributed by atoms with van der Waals surface area (Å²) in [6, 6.07) is 2.95. The van der Waals surface area contributed by atoms with Gasteiger partial charge in [-0.25, -0.2) is 4.39 Å². The van der Waals surface area contributed by atoms with Crippen molar-refractivity contribution in [1.29, 1.82) is 0 Å². The number of fused-ring (bicyclic) bond motifs is 1. The number of amides is 2. The maximum absolute atomic E-state index is 14.2. The topological polar surface area (TPSA) is 70.2 Å². The number of aryl methyl sites for hydroxylation is 1. The van der Waals surface area contributed by atoms with E-state index in [0.29, 0.717) is 18.5 Å². The van der Waals surface area contributed by atoms with E-state index in [2.05, 4.69) is 16.0 Å². The van der Waals surface area contributed by atoms with E-state index in [1.807, 2.05) is 0 Å². The second-order valence-electron chi connectivity index (χ2n) is 6.90. The van der Waals surface area contributed by atoms with Gasteiger partial charge in [-0.2, -0.15) is 0 Å². The number of benzene rings is 1. The minimum Gasteiger partial charge on any atom is -0.326 e. The van der Waals surface area contributed by atoms with Crippen LogP contribution < -0.4 is 16.0 Å². The second kappa shape index (κ2) is 6.33. The van der Waals surface area contributed by atoms with Crippen LogP contribution in [0, 0.1) is 17.2 Å². The minimum absolute atomic E-state index is 0. The summed E-state index contributed by atoms with van der Waals surface area (Å²) in [6.45, 7) is 1.89. The lowest BCUT2D eigenvalue weighted by Crippen LogP contribution is -2.31. The molecule has 130 valence electrons. The summed E-state index contributed by atoms with van der Waals surface area (Å²) >= 11 is 0. The van der Waals surface area contributed by atoms with E-state index in [9.17, 15) is 14.0 Å². The van der Waals surface area contributed by atoms with Crippen LogP contribution in [0.1, 0.15) is 31.2 Å². The standard InChI is InChI=1S/C17H20FN3O2.ClH/c18-12-7-10-1-2-15(22)20-13(10)8-14(12)21-16(23)11-9-17(11)3-5-19-6-4-17;/h7-8,11,19H,1-6,9H2,(H,20,22)(H,21,23);1H. The molecule has 0 radical (unpaired) electrons. The fourth-order valence-corrected chi connectivity index (χ4v) is 3.91. The molecule has 1 atom stereocenters. The Labute approximate surface area is 146 Å². The maximum Gasteiger partial charge on any atom is 0.228 e. The Morgan fingerprint density at radius 1 is 1.25 bits per heavy atom. The van der Waals surface area contributed by atoms with Crippen molar-refractivity contribution in [2.75, 3.05) is 23.7 Å². The smallest absolute Gasteiger partial charge is 0.228 e. The Bertz CT molecular complexity index is 689. The van der Waals surface area contributed by atoms with Gasteiger partial charge in [-0.05, 0) is 61.9 Å². The normalized spacial score (nSPS) is 23.7. The predicted molar refractivity (Wildman–Crippen MR) is 91.9 cm³/mol. The van der Waals surface area contributed by atoms with Crippen molar-refractivity contribution < 1.29 is 14.0 Å². The molecule has 0 bridgehead atoms. The first-order valence-corrected chi connectivity index (χ1v) is 8.21. The third kappa shape index (κ3) is 3.00. The lowest BCUT2D eigenvalue weighted by atomic mass is 9.91. The van der Waals surface area contributed by atoms with E-state index in [0.717, 1.165) is 37.9 Å². The molecule has 4 rings (SSSR count). The van der Waals surface area contributed by atoms with E-state index in [1.165, 1.54) is 12.1 Å². The van der Waals surface area contributed by atoms with Gasteiger partial charge in [0.15, 0.2) is 0 Å². The van der Waals surface area contributed by atoms with Gasteiger partial charge in [0.2, 0.25) is 11.8 Å². The molecule has 1 aliphatic carbocycles. The fraction of sp³-hybridized carbons (Fsp3) is 0.529. The second-order valence-corrected chi connectivity index (χ2v) is 6.90. The summed E-state index contributed by atoms with van der Waals surface area (Å²) < 4.78 is 14.2. The van der Waals surface area contributed by atoms with Crippen molar-refractivity contribution >= 4 is 35.6 Å². The van der Waals surface area contributed by atoms with Crippen LogP contribution in [0.3, 0.4) is 0 Å². The minimum atomic E-state index is -0.437. The highest BCUT2D eigenvalue weighted by atomic mass is 35.5. The van der Waals surface area contributed by atoms with Gasteiger partial charge in [0.25, 0.3) is 0 Å². The quantitative estimate of drug-likeness (QED) is 0.765. The van der Waals surface area contributed by atoms with Gasteiger partial charge in [-0.1, -0.05) is 0 Å². The molecule has 24 heavy (non-hydrogen) atoms. The van der Waals surface area contributed by atoms with Gasteiger partial charge in [-0.3, -0.25) is 9.59 Å². The summed E-state index contributed by atoms with van der Waals surface area (Å²) in [5.74, 6) is -0.631. The van der Waals surface area contributed by atoms with Crippen molar-refractivity contribution in [2.24, 2.45) is 11.3 Å². The maximum atomic E-state index is 14.2. The van der Waals surface area contributed by atoms with E-state index in [1.54, 1.807) is 0 Å². The Morgan fingerprint density at radius 3 is 2.75 bits per heavy atom. The lowest BCUT2D eigenvalue weighted by molar-refractivity contribution is -0.118. The van der Waals surface area contributed by atoms with Crippen LogP contribution >= 0.6 is 12.4 Å². The van der Waals surface area contributed by atoms with E-state index < -0.39 is 5.82 Å². The van der Waals surface area contributed by atoms with Gasteiger partial charge in [0.1, 0.15) is 5.82 Å². The molecule has 7 heteroatoms. The number of hydrogen-bond acceptors (Lipinski definition) is 3. The Hall–Kier alpha value is -1.66. The summed E-state index contributed by atoms with van der Waals surface area (Å²) in [6.07, 6.45) is 3.81. The molecule has 2 fully saturated rings. The number of anilines is 2. The van der Waals surface area contributed by atoms with Crippen molar-refractivity contribution in [3.8, 4) is 0 Å². The molecule has 5 nitrogen and oxygen atoms in total. The van der Waals surface area contributed by atoms with Crippen LogP contribution in [0.2, 0.25) is 0 Å². The highest BCUT2D eigenvalue weighted by molar-refractivity contribution is 5.98. The Morgan fingerprint density at radius 2 is 2.00 bits per heavy atom. The zero-order chi connectivity index (χ0) is 16.0. The van der Waals surface area contributed by atoms with Crippen LogP contribution in [-0.4, -0.2) is 24.9 Å². The molecule has 3 aliphatic rings. The number of hydrogen-bond donors (Lipinski definition) is 3. The molecular weight excluding hydrogens is 333 g/mol. The first-order valence-electron chi connectivity index (χ1n) is 8.21.